The lowest BCUT2D eigenvalue weighted by atomic mass is 10.0. The van der Waals surface area contributed by atoms with Crippen molar-refractivity contribution in [3.05, 3.63) is 67.8 Å². The number of carbonyl (C=O) groups excluding carboxylic acids is 1. The van der Waals surface area contributed by atoms with E-state index in [1.54, 1.807) is 17.6 Å². The molecule has 0 radical (unpaired) electrons. The predicted octanol–water partition coefficient (Wildman–Crippen LogP) is 4.12. The van der Waals surface area contributed by atoms with Gasteiger partial charge in [-0.2, -0.15) is 5.26 Å². The summed E-state index contributed by atoms with van der Waals surface area (Å²) in [6.45, 7) is 4.55. The van der Waals surface area contributed by atoms with Crippen LogP contribution < -0.4 is 10.9 Å². The Morgan fingerprint density at radius 1 is 1.26 bits per heavy atom. The number of unbranched alkanes of at least 4 members (excludes halogenated alkanes) is 1. The third-order valence-electron chi connectivity index (χ3n) is 5.61. The fourth-order valence-corrected chi connectivity index (χ4v) is 4.99. The van der Waals surface area contributed by atoms with Crippen molar-refractivity contribution in [1.82, 2.24) is 9.47 Å². The van der Waals surface area contributed by atoms with Crippen LogP contribution >= 0.6 is 24.0 Å². The molecule has 10 heteroatoms. The highest BCUT2D eigenvalue weighted by Gasteiger charge is 2.33. The van der Waals surface area contributed by atoms with E-state index in [2.05, 4.69) is 5.32 Å². The fraction of sp³-hybridized carbons (Fsp3) is 0.320. The number of carboxylic acid groups (broad SMARTS) is 1. The molecule has 8 nitrogen and oxygen atoms in total. The van der Waals surface area contributed by atoms with Gasteiger partial charge in [0.2, 0.25) is 0 Å². The number of carbonyl (C=O) groups is 2. The molecule has 2 aromatic rings. The molecule has 182 valence electrons. The molecule has 0 atom stereocenters. The van der Waals surface area contributed by atoms with Gasteiger partial charge in [-0.1, -0.05) is 67.7 Å². The number of hydrogen-bond acceptors (Lipinski definition) is 7. The number of anilines is 1. The molecule has 2 N–H and O–H groups in total. The summed E-state index contributed by atoms with van der Waals surface area (Å²) in [5.41, 5.74) is 1.69. The molecule has 0 saturated carbocycles. The first-order valence-corrected chi connectivity index (χ1v) is 12.4. The molecular weight excluding hydrogens is 484 g/mol. The van der Waals surface area contributed by atoms with Crippen molar-refractivity contribution in [2.75, 3.05) is 11.9 Å². The van der Waals surface area contributed by atoms with E-state index in [0.717, 1.165) is 30.2 Å². The highest BCUT2D eigenvalue weighted by molar-refractivity contribution is 8.26. The third-order valence-corrected chi connectivity index (χ3v) is 6.99. The van der Waals surface area contributed by atoms with Crippen LogP contribution in [0.15, 0.2) is 40.0 Å². The lowest BCUT2D eigenvalue weighted by Gasteiger charge is -2.20. The number of nitriles is 1. The predicted molar refractivity (Wildman–Crippen MR) is 141 cm³/mol. The Morgan fingerprint density at radius 2 is 1.97 bits per heavy atom. The van der Waals surface area contributed by atoms with Crippen LogP contribution in [-0.4, -0.2) is 37.3 Å². The van der Waals surface area contributed by atoms with Crippen LogP contribution in [0.1, 0.15) is 48.4 Å². The Labute approximate surface area is 213 Å². The lowest BCUT2D eigenvalue weighted by Crippen LogP contribution is -2.30. The second kappa shape index (κ2) is 11.8. The summed E-state index contributed by atoms with van der Waals surface area (Å²) in [7, 11) is 0. The number of carboxylic acids is 1. The quantitative estimate of drug-likeness (QED) is 0.362. The van der Waals surface area contributed by atoms with E-state index in [9.17, 15) is 19.6 Å². The van der Waals surface area contributed by atoms with Gasteiger partial charge in [-0.25, -0.2) is 0 Å². The Balaban J connectivity index is 2.12. The first kappa shape index (κ1) is 26.2. The number of nitrogens with one attached hydrogen (secondary N) is 1. The minimum atomic E-state index is -1.02. The summed E-state index contributed by atoms with van der Waals surface area (Å²) in [4.78, 5) is 38.8. The molecule has 0 bridgehead atoms. The van der Waals surface area contributed by atoms with Gasteiger partial charge in [0.1, 0.15) is 21.8 Å². The van der Waals surface area contributed by atoms with Crippen molar-refractivity contribution in [2.45, 2.75) is 46.2 Å². The van der Waals surface area contributed by atoms with Gasteiger partial charge in [0.05, 0.1) is 11.3 Å². The average Bonchev–Trinajstić information content (AvgIpc) is 3.10. The number of thioether (sulfide) groups is 1. The van der Waals surface area contributed by atoms with Crippen LogP contribution in [0.5, 0.6) is 0 Å². The largest absolute Gasteiger partial charge is 0.481 e. The Kier molecular flexibility index (Phi) is 8.84. The number of aliphatic carboxylic acids is 1. The van der Waals surface area contributed by atoms with Crippen LogP contribution in [0.2, 0.25) is 0 Å². The number of rotatable bonds is 10. The first-order chi connectivity index (χ1) is 16.8. The highest BCUT2D eigenvalue weighted by Crippen LogP contribution is 2.35. The molecule has 1 aliphatic rings. The van der Waals surface area contributed by atoms with Gasteiger partial charge in [-0.15, -0.1) is 0 Å². The maximum atomic E-state index is 13.2. The van der Waals surface area contributed by atoms with E-state index in [4.69, 9.17) is 17.3 Å². The molecular formula is C25H26N4O4S2. The van der Waals surface area contributed by atoms with Gasteiger partial charge in [0.15, 0.2) is 0 Å². The van der Waals surface area contributed by atoms with Crippen LogP contribution in [0.25, 0.3) is 6.08 Å². The maximum Gasteiger partial charge on any atom is 0.305 e. The van der Waals surface area contributed by atoms with Gasteiger partial charge < -0.3 is 10.4 Å². The van der Waals surface area contributed by atoms with Gasteiger partial charge in [-0.05, 0) is 30.5 Å². The maximum absolute atomic E-state index is 13.2. The number of benzene rings is 1. The monoisotopic (exact) mass is 510 g/mol. The minimum Gasteiger partial charge on any atom is -0.481 e. The zero-order chi connectivity index (χ0) is 25.5. The molecule has 1 amide bonds. The Morgan fingerprint density at radius 3 is 2.60 bits per heavy atom. The van der Waals surface area contributed by atoms with E-state index in [1.165, 1.54) is 4.90 Å². The van der Waals surface area contributed by atoms with E-state index in [-0.39, 0.29) is 34.3 Å². The normalized spacial score (nSPS) is 14.4. The van der Waals surface area contributed by atoms with Crippen molar-refractivity contribution in [1.29, 1.82) is 5.26 Å². The number of hydrogen-bond donors (Lipinski definition) is 2. The Hall–Kier alpha value is -3.42. The average molecular weight is 511 g/mol. The minimum absolute atomic E-state index is 0.0190. The Bertz CT molecular complexity index is 1280. The SMILES string of the molecule is CCCCn1c(NCc2ccccc2)c(/C=C2/SC(=S)N(CCC(=O)O)C2=O)c(C)c(C#N)c1=O. The highest BCUT2D eigenvalue weighted by atomic mass is 32.2. The topological polar surface area (TPSA) is 115 Å². The van der Waals surface area contributed by atoms with Crippen LogP contribution in [0, 0.1) is 18.3 Å². The summed E-state index contributed by atoms with van der Waals surface area (Å²) in [6, 6.07) is 11.7. The number of pyridine rings is 1. The molecule has 1 fully saturated rings. The van der Waals surface area contributed by atoms with Crippen molar-refractivity contribution in [3.8, 4) is 6.07 Å². The van der Waals surface area contributed by atoms with E-state index >= 15 is 0 Å². The molecule has 0 unspecified atom stereocenters. The summed E-state index contributed by atoms with van der Waals surface area (Å²) in [6.07, 6.45) is 3.02. The standard InChI is InChI=1S/C25H26N4O4S2/c1-3-4-11-28-22(27-15-17-8-6-5-7-9-17)18(16(2)19(14-26)23(28)32)13-20-24(33)29(25(34)35-20)12-10-21(30)31/h5-9,13,27H,3-4,10-12,15H2,1-2H3,(H,30,31)/b20-13+. The van der Waals surface area contributed by atoms with Crippen LogP contribution in [-0.2, 0) is 22.7 Å². The number of aromatic nitrogens is 1. The summed E-state index contributed by atoms with van der Waals surface area (Å²) < 4.78 is 1.84. The van der Waals surface area contributed by atoms with Gasteiger partial charge >= 0.3 is 5.97 Å². The molecule has 1 saturated heterocycles. The molecule has 1 aromatic carbocycles. The second-order valence-corrected chi connectivity index (χ2v) is 9.68. The van der Waals surface area contributed by atoms with Crippen LogP contribution in [0.4, 0.5) is 5.82 Å². The third kappa shape index (κ3) is 5.99. The van der Waals surface area contributed by atoms with Crippen LogP contribution in [0.3, 0.4) is 0 Å². The van der Waals surface area contributed by atoms with Crippen molar-refractivity contribution < 1.29 is 14.7 Å². The number of amides is 1. The summed E-state index contributed by atoms with van der Waals surface area (Å²) in [5.74, 6) is -0.882. The van der Waals surface area contributed by atoms with E-state index < -0.39 is 5.97 Å². The van der Waals surface area contributed by atoms with E-state index in [1.807, 2.05) is 43.3 Å². The molecule has 0 aliphatic carbocycles. The zero-order valence-corrected chi connectivity index (χ0v) is 21.2. The smallest absolute Gasteiger partial charge is 0.305 e. The summed E-state index contributed by atoms with van der Waals surface area (Å²) in [5, 5.41) is 22.1. The van der Waals surface area contributed by atoms with Gasteiger partial charge in [-0.3, -0.25) is 23.9 Å². The molecule has 2 heterocycles. The molecule has 35 heavy (non-hydrogen) atoms. The van der Waals surface area contributed by atoms with Crippen molar-refractivity contribution >= 4 is 52.1 Å². The molecule has 1 aliphatic heterocycles. The van der Waals surface area contributed by atoms with Gasteiger partial charge in [0.25, 0.3) is 11.5 Å². The van der Waals surface area contributed by atoms with E-state index in [0.29, 0.717) is 34.9 Å². The lowest BCUT2D eigenvalue weighted by molar-refractivity contribution is -0.137. The molecule has 1 aromatic heterocycles. The summed E-state index contributed by atoms with van der Waals surface area (Å²) >= 11 is 6.39. The second-order valence-electron chi connectivity index (χ2n) is 8.00. The van der Waals surface area contributed by atoms with Gasteiger partial charge in [0, 0.05) is 25.2 Å². The molecule has 0 spiro atoms. The number of nitrogens with zero attached hydrogens (tertiary/aromatic N) is 3. The van der Waals surface area contributed by atoms with Crippen molar-refractivity contribution in [2.24, 2.45) is 0 Å². The fourth-order valence-electron chi connectivity index (χ4n) is 3.70. The van der Waals surface area contributed by atoms with Crippen molar-refractivity contribution in [3.63, 3.8) is 0 Å². The number of thiocarbonyl (C=S) groups is 1. The molecule has 3 rings (SSSR count). The first-order valence-electron chi connectivity index (χ1n) is 11.2. The zero-order valence-electron chi connectivity index (χ0n) is 19.5.